The molecule has 25 heavy (non-hydrogen) atoms. The van der Waals surface area contributed by atoms with E-state index in [0.717, 1.165) is 31.1 Å². The van der Waals surface area contributed by atoms with E-state index in [2.05, 4.69) is 4.90 Å². The molecule has 0 saturated carbocycles. The summed E-state index contributed by atoms with van der Waals surface area (Å²) in [6, 6.07) is 13.1. The Labute approximate surface area is 144 Å². The fraction of sp³-hybridized carbons (Fsp3) is 0.263. The molecule has 0 aromatic heterocycles. The van der Waals surface area contributed by atoms with Crippen molar-refractivity contribution >= 4 is 11.7 Å². The smallest absolute Gasteiger partial charge is 0.305 e. The van der Waals surface area contributed by atoms with Gasteiger partial charge >= 0.3 is 5.97 Å². The lowest BCUT2D eigenvalue weighted by molar-refractivity contribution is -0.137. The van der Waals surface area contributed by atoms with Crippen LogP contribution in [0.5, 0.6) is 11.5 Å². The third-order valence-corrected chi connectivity index (χ3v) is 4.24. The summed E-state index contributed by atoms with van der Waals surface area (Å²) in [6.07, 6.45) is 1.95. The van der Waals surface area contributed by atoms with Gasteiger partial charge < -0.3 is 14.7 Å². The van der Waals surface area contributed by atoms with Crippen molar-refractivity contribution in [1.29, 1.82) is 5.26 Å². The summed E-state index contributed by atoms with van der Waals surface area (Å²) < 4.78 is 19.4. The fourth-order valence-electron chi connectivity index (χ4n) is 3.08. The van der Waals surface area contributed by atoms with Gasteiger partial charge in [0.1, 0.15) is 5.75 Å². The van der Waals surface area contributed by atoms with Crippen LogP contribution in [0.1, 0.15) is 24.8 Å². The van der Waals surface area contributed by atoms with Crippen LogP contribution in [-0.4, -0.2) is 23.7 Å². The Morgan fingerprint density at radius 1 is 1.32 bits per heavy atom. The van der Waals surface area contributed by atoms with Gasteiger partial charge in [-0.1, -0.05) is 0 Å². The molecule has 2 aromatic carbocycles. The van der Waals surface area contributed by atoms with E-state index in [-0.39, 0.29) is 23.8 Å². The highest BCUT2D eigenvalue weighted by Crippen LogP contribution is 2.31. The van der Waals surface area contributed by atoms with Crippen LogP contribution in [0.3, 0.4) is 0 Å². The topological polar surface area (TPSA) is 73.6 Å². The van der Waals surface area contributed by atoms with E-state index < -0.39 is 11.8 Å². The number of benzene rings is 2. The minimum Gasteiger partial charge on any atom is -0.481 e. The maximum absolute atomic E-state index is 13.9. The lowest BCUT2D eigenvalue weighted by Gasteiger charge is -2.25. The van der Waals surface area contributed by atoms with Crippen LogP contribution in [0.15, 0.2) is 42.5 Å². The molecule has 1 N–H and O–H groups in total. The van der Waals surface area contributed by atoms with Gasteiger partial charge in [0, 0.05) is 18.3 Å². The van der Waals surface area contributed by atoms with Crippen molar-refractivity contribution in [3.05, 3.63) is 53.8 Å². The van der Waals surface area contributed by atoms with Crippen molar-refractivity contribution in [1.82, 2.24) is 0 Å². The van der Waals surface area contributed by atoms with Gasteiger partial charge in [-0.15, -0.1) is 0 Å². The van der Waals surface area contributed by atoms with Crippen LogP contribution in [0.4, 0.5) is 10.1 Å². The predicted octanol–water partition coefficient (Wildman–Crippen LogP) is 3.93. The second-order valence-corrected chi connectivity index (χ2v) is 5.94. The molecule has 1 saturated heterocycles. The summed E-state index contributed by atoms with van der Waals surface area (Å²) in [7, 11) is 0. The minimum atomic E-state index is -0.798. The van der Waals surface area contributed by atoms with Gasteiger partial charge in [0.2, 0.25) is 0 Å². The number of hydrogen-bond acceptors (Lipinski definition) is 4. The number of carboxylic acid groups (broad SMARTS) is 1. The van der Waals surface area contributed by atoms with Gasteiger partial charge in [0.15, 0.2) is 11.6 Å². The molecule has 1 atom stereocenters. The molecule has 0 amide bonds. The van der Waals surface area contributed by atoms with Crippen molar-refractivity contribution < 1.29 is 19.0 Å². The number of nitrogens with zero attached hydrogens (tertiary/aromatic N) is 2. The summed E-state index contributed by atoms with van der Waals surface area (Å²) in [6.45, 7) is 0.822. The second-order valence-electron chi connectivity index (χ2n) is 5.94. The number of ether oxygens (including phenoxy) is 1. The highest BCUT2D eigenvalue weighted by Gasteiger charge is 2.26. The standard InChI is InChI=1S/C19H17FN2O3/c20-17-10-13(12-21)3-8-18(17)25-16-6-4-14(5-7-16)22-9-1-2-15(22)11-19(23)24/h3-8,10,15H,1-2,9,11H2,(H,23,24). The molecule has 2 aromatic rings. The Morgan fingerprint density at radius 2 is 2.08 bits per heavy atom. The molecule has 1 fully saturated rings. The third-order valence-electron chi connectivity index (χ3n) is 4.24. The maximum Gasteiger partial charge on any atom is 0.305 e. The second kappa shape index (κ2) is 7.22. The zero-order valence-electron chi connectivity index (χ0n) is 13.5. The quantitative estimate of drug-likeness (QED) is 0.892. The lowest BCUT2D eigenvalue weighted by atomic mass is 10.1. The Balaban J connectivity index is 1.72. The van der Waals surface area contributed by atoms with Gasteiger partial charge in [-0.25, -0.2) is 4.39 Å². The highest BCUT2D eigenvalue weighted by molar-refractivity contribution is 5.69. The number of nitriles is 1. The average Bonchev–Trinajstić information content (AvgIpc) is 3.04. The summed E-state index contributed by atoms with van der Waals surface area (Å²) in [4.78, 5) is 13.0. The van der Waals surface area contributed by atoms with E-state index in [1.807, 2.05) is 18.2 Å². The van der Waals surface area contributed by atoms with Crippen LogP contribution in [0, 0.1) is 17.1 Å². The van der Waals surface area contributed by atoms with E-state index >= 15 is 0 Å². The number of carboxylic acids is 1. The first-order valence-electron chi connectivity index (χ1n) is 8.03. The number of carbonyl (C=O) groups is 1. The molecule has 1 aliphatic heterocycles. The zero-order chi connectivity index (χ0) is 17.8. The van der Waals surface area contributed by atoms with Crippen molar-refractivity contribution in [2.24, 2.45) is 0 Å². The van der Waals surface area contributed by atoms with Gasteiger partial charge in [-0.3, -0.25) is 4.79 Å². The number of rotatable bonds is 5. The molecule has 128 valence electrons. The normalized spacial score (nSPS) is 16.5. The number of hydrogen-bond donors (Lipinski definition) is 1. The molecule has 1 heterocycles. The molecule has 5 nitrogen and oxygen atoms in total. The van der Waals surface area contributed by atoms with Crippen LogP contribution in [0.2, 0.25) is 0 Å². The summed E-state index contributed by atoms with van der Waals surface area (Å²) in [5.74, 6) is -0.865. The van der Waals surface area contributed by atoms with E-state index in [0.29, 0.717) is 5.75 Å². The Bertz CT molecular complexity index is 814. The molecule has 0 bridgehead atoms. The van der Waals surface area contributed by atoms with Crippen LogP contribution >= 0.6 is 0 Å². The van der Waals surface area contributed by atoms with Gasteiger partial charge in [-0.2, -0.15) is 5.26 Å². The van der Waals surface area contributed by atoms with Gasteiger partial charge in [0.25, 0.3) is 0 Å². The number of anilines is 1. The fourth-order valence-corrected chi connectivity index (χ4v) is 3.08. The lowest BCUT2D eigenvalue weighted by Crippen LogP contribution is -2.31. The Morgan fingerprint density at radius 3 is 2.72 bits per heavy atom. The van der Waals surface area contributed by atoms with E-state index in [1.54, 1.807) is 12.1 Å². The summed E-state index contributed by atoms with van der Waals surface area (Å²) >= 11 is 0. The molecule has 0 spiro atoms. The first-order chi connectivity index (χ1) is 12.1. The first kappa shape index (κ1) is 16.8. The van der Waals surface area contributed by atoms with Crippen LogP contribution in [-0.2, 0) is 4.79 Å². The van der Waals surface area contributed by atoms with Crippen LogP contribution in [0.25, 0.3) is 0 Å². The van der Waals surface area contributed by atoms with Gasteiger partial charge in [-0.05, 0) is 55.3 Å². The molecule has 0 radical (unpaired) electrons. The molecule has 3 rings (SSSR count). The Kier molecular flexibility index (Phi) is 4.85. The average molecular weight is 340 g/mol. The first-order valence-corrected chi connectivity index (χ1v) is 8.03. The largest absolute Gasteiger partial charge is 0.481 e. The van der Waals surface area contributed by atoms with Crippen molar-refractivity contribution in [2.45, 2.75) is 25.3 Å². The van der Waals surface area contributed by atoms with E-state index in [1.165, 1.54) is 12.1 Å². The van der Waals surface area contributed by atoms with Crippen molar-refractivity contribution in [3.8, 4) is 17.6 Å². The van der Waals surface area contributed by atoms with E-state index in [9.17, 15) is 9.18 Å². The zero-order valence-corrected chi connectivity index (χ0v) is 13.5. The van der Waals surface area contributed by atoms with Gasteiger partial charge in [0.05, 0.1) is 18.1 Å². The van der Waals surface area contributed by atoms with Crippen molar-refractivity contribution in [3.63, 3.8) is 0 Å². The third kappa shape index (κ3) is 3.89. The number of aliphatic carboxylic acids is 1. The highest BCUT2D eigenvalue weighted by atomic mass is 19.1. The van der Waals surface area contributed by atoms with Crippen molar-refractivity contribution in [2.75, 3.05) is 11.4 Å². The molecule has 0 aliphatic carbocycles. The minimum absolute atomic E-state index is 0.000221. The SMILES string of the molecule is N#Cc1ccc(Oc2ccc(N3CCCC3CC(=O)O)cc2)c(F)c1. The molecular weight excluding hydrogens is 323 g/mol. The molecular formula is C19H17FN2O3. The summed E-state index contributed by atoms with van der Waals surface area (Å²) in [5, 5.41) is 17.8. The molecule has 6 heteroatoms. The predicted molar refractivity (Wildman–Crippen MR) is 90.3 cm³/mol. The van der Waals surface area contributed by atoms with Crippen LogP contribution < -0.4 is 9.64 Å². The Hall–Kier alpha value is -3.07. The summed E-state index contributed by atoms with van der Waals surface area (Å²) in [5.41, 5.74) is 1.16. The maximum atomic E-state index is 13.9. The van der Waals surface area contributed by atoms with E-state index in [4.69, 9.17) is 15.1 Å². The molecule has 1 aliphatic rings. The monoisotopic (exact) mass is 340 g/mol. The molecule has 1 unspecified atom stereocenters. The number of halogens is 1.